The van der Waals surface area contributed by atoms with Crippen molar-refractivity contribution in [1.29, 1.82) is 0 Å². The van der Waals surface area contributed by atoms with Gasteiger partial charge in [0.15, 0.2) is 11.5 Å². The summed E-state index contributed by atoms with van der Waals surface area (Å²) in [6, 6.07) is 13.2. The first-order valence-corrected chi connectivity index (χ1v) is 8.11. The van der Waals surface area contributed by atoms with Crippen molar-refractivity contribution in [2.75, 3.05) is 13.2 Å². The lowest BCUT2D eigenvalue weighted by molar-refractivity contribution is -0.139. The van der Waals surface area contributed by atoms with E-state index in [0.29, 0.717) is 24.7 Å². The van der Waals surface area contributed by atoms with E-state index in [1.165, 1.54) is 0 Å². The van der Waals surface area contributed by atoms with E-state index in [4.69, 9.17) is 9.47 Å². The zero-order chi connectivity index (χ0) is 17.6. The van der Waals surface area contributed by atoms with Crippen molar-refractivity contribution in [3.63, 3.8) is 0 Å². The molecule has 3 rings (SSSR count). The second kappa shape index (κ2) is 7.70. The van der Waals surface area contributed by atoms with E-state index in [0.717, 1.165) is 12.0 Å². The standard InChI is InChI=1S/C19H19NO5/c21-18(14-8-4-9-16-17(14)25-11-5-10-24-16)20-15(19(22)23)12-13-6-2-1-3-7-13/h1-4,6-9,15H,5,10-12H2,(H,20,21)(H,22,23)/t15-/m1/s1. The first-order valence-electron chi connectivity index (χ1n) is 8.11. The Morgan fingerprint density at radius 3 is 2.56 bits per heavy atom. The molecule has 0 saturated carbocycles. The minimum absolute atomic E-state index is 0.203. The molecule has 1 aliphatic heterocycles. The fourth-order valence-corrected chi connectivity index (χ4v) is 2.66. The van der Waals surface area contributed by atoms with Gasteiger partial charge in [-0.2, -0.15) is 0 Å². The van der Waals surface area contributed by atoms with Gasteiger partial charge in [-0.05, 0) is 17.7 Å². The number of ether oxygens (including phenoxy) is 2. The molecule has 6 nitrogen and oxygen atoms in total. The minimum atomic E-state index is -1.09. The average molecular weight is 341 g/mol. The van der Waals surface area contributed by atoms with Crippen LogP contribution in [0.15, 0.2) is 48.5 Å². The highest BCUT2D eigenvalue weighted by atomic mass is 16.5. The summed E-state index contributed by atoms with van der Waals surface area (Å²) in [6.45, 7) is 0.966. The molecular formula is C19H19NO5. The molecule has 0 bridgehead atoms. The third-order valence-corrected chi connectivity index (χ3v) is 3.90. The summed E-state index contributed by atoms with van der Waals surface area (Å²) in [5.41, 5.74) is 1.11. The summed E-state index contributed by atoms with van der Waals surface area (Å²) in [4.78, 5) is 24.2. The summed E-state index contributed by atoms with van der Waals surface area (Å²) in [5, 5.41) is 12.0. The molecule has 0 aromatic heterocycles. The van der Waals surface area contributed by atoms with Gasteiger partial charge in [-0.15, -0.1) is 0 Å². The normalized spacial score (nSPS) is 14.2. The lowest BCUT2D eigenvalue weighted by Crippen LogP contribution is -2.42. The number of hydrogen-bond donors (Lipinski definition) is 2. The van der Waals surface area contributed by atoms with Crippen LogP contribution in [0.2, 0.25) is 0 Å². The molecule has 130 valence electrons. The van der Waals surface area contributed by atoms with Gasteiger partial charge in [0, 0.05) is 12.8 Å². The van der Waals surface area contributed by atoms with Crippen LogP contribution in [0, 0.1) is 0 Å². The van der Waals surface area contributed by atoms with Gasteiger partial charge in [-0.3, -0.25) is 4.79 Å². The number of amides is 1. The Morgan fingerprint density at radius 2 is 1.80 bits per heavy atom. The van der Waals surface area contributed by atoms with Gasteiger partial charge < -0.3 is 19.9 Å². The maximum Gasteiger partial charge on any atom is 0.326 e. The van der Waals surface area contributed by atoms with Crippen molar-refractivity contribution in [2.45, 2.75) is 18.9 Å². The highest BCUT2D eigenvalue weighted by Gasteiger charge is 2.25. The molecule has 2 aromatic rings. The first-order chi connectivity index (χ1) is 12.1. The Balaban J connectivity index is 1.79. The van der Waals surface area contributed by atoms with Gasteiger partial charge >= 0.3 is 5.97 Å². The van der Waals surface area contributed by atoms with E-state index in [1.807, 2.05) is 30.3 Å². The Hall–Kier alpha value is -3.02. The fourth-order valence-electron chi connectivity index (χ4n) is 2.66. The van der Waals surface area contributed by atoms with E-state index in [-0.39, 0.29) is 12.0 Å². The maximum absolute atomic E-state index is 12.6. The Bertz CT molecular complexity index is 760. The van der Waals surface area contributed by atoms with Crippen LogP contribution in [0.25, 0.3) is 0 Å². The van der Waals surface area contributed by atoms with E-state index >= 15 is 0 Å². The highest BCUT2D eigenvalue weighted by Crippen LogP contribution is 2.33. The largest absolute Gasteiger partial charge is 0.490 e. The predicted molar refractivity (Wildman–Crippen MR) is 91.1 cm³/mol. The number of carboxylic acid groups (broad SMARTS) is 1. The molecule has 0 radical (unpaired) electrons. The van der Waals surface area contributed by atoms with Crippen LogP contribution >= 0.6 is 0 Å². The Morgan fingerprint density at radius 1 is 1.04 bits per heavy atom. The van der Waals surface area contributed by atoms with Crippen LogP contribution in [0.1, 0.15) is 22.3 Å². The quantitative estimate of drug-likeness (QED) is 0.871. The maximum atomic E-state index is 12.6. The van der Waals surface area contributed by atoms with Crippen molar-refractivity contribution < 1.29 is 24.2 Å². The molecule has 1 atom stereocenters. The van der Waals surface area contributed by atoms with Crippen LogP contribution in [0.3, 0.4) is 0 Å². The molecule has 0 saturated heterocycles. The SMILES string of the molecule is O=C(N[C@H](Cc1ccccc1)C(=O)O)c1cccc2c1OCCCO2. The minimum Gasteiger partial charge on any atom is -0.490 e. The van der Waals surface area contributed by atoms with Gasteiger partial charge in [0.2, 0.25) is 0 Å². The molecule has 0 spiro atoms. The van der Waals surface area contributed by atoms with E-state index < -0.39 is 17.9 Å². The molecule has 1 heterocycles. The second-order valence-corrected chi connectivity index (χ2v) is 5.74. The Kier molecular flexibility index (Phi) is 5.18. The zero-order valence-electron chi connectivity index (χ0n) is 13.6. The van der Waals surface area contributed by atoms with E-state index in [1.54, 1.807) is 18.2 Å². The van der Waals surface area contributed by atoms with E-state index in [2.05, 4.69) is 5.32 Å². The number of fused-ring (bicyclic) bond motifs is 1. The van der Waals surface area contributed by atoms with Crippen LogP contribution in [-0.4, -0.2) is 36.2 Å². The third-order valence-electron chi connectivity index (χ3n) is 3.90. The molecule has 1 amide bonds. The van der Waals surface area contributed by atoms with Crippen molar-refractivity contribution in [2.24, 2.45) is 0 Å². The molecule has 0 fully saturated rings. The summed E-state index contributed by atoms with van der Waals surface area (Å²) in [5.74, 6) is -0.719. The van der Waals surface area contributed by atoms with Gasteiger partial charge in [0.25, 0.3) is 5.91 Å². The van der Waals surface area contributed by atoms with Crippen LogP contribution in [0.5, 0.6) is 11.5 Å². The fraction of sp³-hybridized carbons (Fsp3) is 0.263. The molecule has 25 heavy (non-hydrogen) atoms. The molecule has 0 unspecified atom stereocenters. The molecule has 6 heteroatoms. The van der Waals surface area contributed by atoms with Crippen LogP contribution in [0.4, 0.5) is 0 Å². The van der Waals surface area contributed by atoms with Gasteiger partial charge in [0.1, 0.15) is 6.04 Å². The van der Waals surface area contributed by atoms with Gasteiger partial charge in [-0.25, -0.2) is 4.79 Å². The number of aliphatic carboxylic acids is 1. The lowest BCUT2D eigenvalue weighted by Gasteiger charge is -2.17. The molecule has 2 aromatic carbocycles. The van der Waals surface area contributed by atoms with E-state index in [9.17, 15) is 14.7 Å². The summed E-state index contributed by atoms with van der Waals surface area (Å²) >= 11 is 0. The number of para-hydroxylation sites is 1. The smallest absolute Gasteiger partial charge is 0.326 e. The molecule has 2 N–H and O–H groups in total. The number of benzene rings is 2. The summed E-state index contributed by atoms with van der Waals surface area (Å²) < 4.78 is 11.2. The Labute approximate surface area is 145 Å². The number of carbonyl (C=O) groups is 2. The molecule has 0 aliphatic carbocycles. The topological polar surface area (TPSA) is 84.9 Å². The van der Waals surface area contributed by atoms with Crippen molar-refractivity contribution in [3.8, 4) is 11.5 Å². The number of carboxylic acids is 1. The number of nitrogens with one attached hydrogen (secondary N) is 1. The molecular weight excluding hydrogens is 322 g/mol. The summed E-state index contributed by atoms with van der Waals surface area (Å²) in [7, 11) is 0. The highest BCUT2D eigenvalue weighted by molar-refractivity contribution is 5.99. The van der Waals surface area contributed by atoms with Crippen LogP contribution < -0.4 is 14.8 Å². The van der Waals surface area contributed by atoms with Crippen LogP contribution in [-0.2, 0) is 11.2 Å². The van der Waals surface area contributed by atoms with Crippen molar-refractivity contribution >= 4 is 11.9 Å². The van der Waals surface area contributed by atoms with Crippen molar-refractivity contribution in [1.82, 2.24) is 5.32 Å². The monoisotopic (exact) mass is 341 g/mol. The number of carbonyl (C=O) groups excluding carboxylic acids is 1. The number of hydrogen-bond acceptors (Lipinski definition) is 4. The van der Waals surface area contributed by atoms with Gasteiger partial charge in [0.05, 0.1) is 18.8 Å². The predicted octanol–water partition coefficient (Wildman–Crippen LogP) is 2.27. The molecule has 1 aliphatic rings. The zero-order valence-corrected chi connectivity index (χ0v) is 13.6. The third kappa shape index (κ3) is 4.09. The van der Waals surface area contributed by atoms with Crippen molar-refractivity contribution in [3.05, 3.63) is 59.7 Å². The van der Waals surface area contributed by atoms with Gasteiger partial charge in [-0.1, -0.05) is 36.4 Å². The first kappa shape index (κ1) is 16.8. The summed E-state index contributed by atoms with van der Waals surface area (Å²) in [6.07, 6.45) is 0.926. The second-order valence-electron chi connectivity index (χ2n) is 5.74. The average Bonchev–Trinajstić information content (AvgIpc) is 2.87. The number of rotatable bonds is 5. The lowest BCUT2D eigenvalue weighted by atomic mass is 10.1.